The number of nitrogens with two attached hydrogens (primary N) is 1. The van der Waals surface area contributed by atoms with E-state index >= 15 is 0 Å². The highest BCUT2D eigenvalue weighted by molar-refractivity contribution is 5.82. The molecule has 0 aliphatic carbocycles. The first-order valence-electron chi connectivity index (χ1n) is 8.62. The average Bonchev–Trinajstić information content (AvgIpc) is 3.08. The van der Waals surface area contributed by atoms with Crippen LogP contribution in [-0.4, -0.2) is 65.2 Å². The first-order valence-corrected chi connectivity index (χ1v) is 8.62. The van der Waals surface area contributed by atoms with Crippen molar-refractivity contribution in [1.29, 1.82) is 0 Å². The number of likely N-dealkylation sites (tertiary alicyclic amines) is 2. The van der Waals surface area contributed by atoms with Gasteiger partial charge in [-0.05, 0) is 37.8 Å². The molecule has 0 radical (unpaired) electrons. The number of hydrogen-bond donors (Lipinski definition) is 2. The molecule has 3 heterocycles. The summed E-state index contributed by atoms with van der Waals surface area (Å²) in [4.78, 5) is 16.8. The van der Waals surface area contributed by atoms with Gasteiger partial charge in [-0.2, -0.15) is 0 Å². The largest absolute Gasteiger partial charge is 0.469 e. The Hall–Kier alpha value is -1.37. The summed E-state index contributed by atoms with van der Waals surface area (Å²) >= 11 is 0. The van der Waals surface area contributed by atoms with Gasteiger partial charge in [0, 0.05) is 38.6 Å². The van der Waals surface area contributed by atoms with E-state index in [2.05, 4.69) is 4.90 Å². The van der Waals surface area contributed by atoms with Gasteiger partial charge in [0.15, 0.2) is 0 Å². The van der Waals surface area contributed by atoms with E-state index in [-0.39, 0.29) is 12.0 Å². The average molecular weight is 321 g/mol. The maximum absolute atomic E-state index is 12.5. The molecule has 0 saturated carbocycles. The van der Waals surface area contributed by atoms with Gasteiger partial charge in [0.1, 0.15) is 5.76 Å². The molecule has 6 heteroatoms. The molecule has 3 N–H and O–H groups in total. The van der Waals surface area contributed by atoms with Crippen molar-refractivity contribution in [2.45, 2.75) is 50.3 Å². The Morgan fingerprint density at radius 2 is 1.96 bits per heavy atom. The van der Waals surface area contributed by atoms with E-state index in [0.29, 0.717) is 12.5 Å². The normalized spacial score (nSPS) is 23.1. The van der Waals surface area contributed by atoms with E-state index in [1.165, 1.54) is 0 Å². The Bertz CT molecular complexity index is 489. The molecule has 1 aromatic heterocycles. The summed E-state index contributed by atoms with van der Waals surface area (Å²) in [6.07, 6.45) is 5.65. The van der Waals surface area contributed by atoms with Crippen LogP contribution in [0.25, 0.3) is 0 Å². The van der Waals surface area contributed by atoms with Crippen LogP contribution in [0.1, 0.15) is 31.4 Å². The molecule has 2 saturated heterocycles. The molecule has 0 aromatic carbocycles. The number of nitrogens with zero attached hydrogens (tertiary/aromatic N) is 2. The molecule has 0 unspecified atom stereocenters. The molecule has 0 spiro atoms. The van der Waals surface area contributed by atoms with Gasteiger partial charge in [-0.15, -0.1) is 0 Å². The van der Waals surface area contributed by atoms with Crippen LogP contribution in [0.4, 0.5) is 0 Å². The second kappa shape index (κ2) is 7.47. The Balaban J connectivity index is 1.45. The van der Waals surface area contributed by atoms with Gasteiger partial charge in [0.25, 0.3) is 0 Å². The third-order valence-corrected chi connectivity index (χ3v) is 5.11. The monoisotopic (exact) mass is 321 g/mol. The van der Waals surface area contributed by atoms with Crippen molar-refractivity contribution in [3.05, 3.63) is 24.2 Å². The van der Waals surface area contributed by atoms with Crippen LogP contribution >= 0.6 is 0 Å². The number of hydrogen-bond acceptors (Lipinski definition) is 5. The summed E-state index contributed by atoms with van der Waals surface area (Å²) in [6.45, 7) is 3.48. The fourth-order valence-corrected chi connectivity index (χ4v) is 3.67. The van der Waals surface area contributed by atoms with Crippen molar-refractivity contribution in [2.75, 3.05) is 26.2 Å². The van der Waals surface area contributed by atoms with Gasteiger partial charge >= 0.3 is 0 Å². The van der Waals surface area contributed by atoms with Crippen LogP contribution in [0.15, 0.2) is 22.8 Å². The first-order chi connectivity index (χ1) is 11.1. The van der Waals surface area contributed by atoms with E-state index in [1.807, 2.05) is 17.0 Å². The quantitative estimate of drug-likeness (QED) is 0.848. The Morgan fingerprint density at radius 3 is 2.57 bits per heavy atom. The molecule has 128 valence electrons. The fourth-order valence-electron chi connectivity index (χ4n) is 3.67. The number of aliphatic hydroxyl groups is 1. The zero-order valence-corrected chi connectivity index (χ0v) is 13.6. The molecule has 0 bridgehead atoms. The minimum atomic E-state index is -0.525. The van der Waals surface area contributed by atoms with Crippen LogP contribution in [0, 0.1) is 0 Å². The fraction of sp³-hybridized carbons (Fsp3) is 0.706. The summed E-state index contributed by atoms with van der Waals surface area (Å²) in [5.74, 6) is 0.779. The second-order valence-corrected chi connectivity index (χ2v) is 6.71. The van der Waals surface area contributed by atoms with Gasteiger partial charge in [0.05, 0.1) is 18.4 Å². The lowest BCUT2D eigenvalue weighted by Gasteiger charge is -2.41. The maximum atomic E-state index is 12.5. The van der Waals surface area contributed by atoms with E-state index in [0.717, 1.165) is 57.6 Å². The zero-order chi connectivity index (χ0) is 16.2. The highest BCUT2D eigenvalue weighted by atomic mass is 16.3. The van der Waals surface area contributed by atoms with E-state index in [1.54, 1.807) is 6.26 Å². The summed E-state index contributed by atoms with van der Waals surface area (Å²) in [7, 11) is 0. The van der Waals surface area contributed by atoms with Crippen LogP contribution in [-0.2, 0) is 11.2 Å². The number of rotatable bonds is 4. The predicted molar refractivity (Wildman–Crippen MR) is 86.8 cm³/mol. The highest BCUT2D eigenvalue weighted by Gasteiger charge is 2.30. The Labute approximate surface area is 137 Å². The molecule has 2 aliphatic rings. The SMILES string of the molecule is N[C@H](Cc1ccco1)C(=O)N1CCC(N2CCC(O)CC2)CC1. The molecule has 1 atom stereocenters. The van der Waals surface area contributed by atoms with Crippen molar-refractivity contribution in [3.63, 3.8) is 0 Å². The molecule has 2 fully saturated rings. The van der Waals surface area contributed by atoms with Crippen LogP contribution in [0.3, 0.4) is 0 Å². The number of amides is 1. The lowest BCUT2D eigenvalue weighted by molar-refractivity contribution is -0.134. The maximum Gasteiger partial charge on any atom is 0.239 e. The van der Waals surface area contributed by atoms with E-state index in [4.69, 9.17) is 10.2 Å². The minimum absolute atomic E-state index is 0.0221. The summed E-state index contributed by atoms with van der Waals surface area (Å²) in [6, 6.07) is 3.67. The molecule has 3 rings (SSSR count). The standard InChI is InChI=1S/C17H27N3O3/c18-16(12-15-2-1-11-23-15)17(22)20-7-3-13(4-8-20)19-9-5-14(21)6-10-19/h1-2,11,13-14,16,21H,3-10,12,18H2/t16-/m1/s1. The number of piperidine rings is 2. The van der Waals surface area contributed by atoms with Crippen molar-refractivity contribution in [3.8, 4) is 0 Å². The van der Waals surface area contributed by atoms with Crippen LogP contribution < -0.4 is 5.73 Å². The number of furan rings is 1. The van der Waals surface area contributed by atoms with Crippen molar-refractivity contribution < 1.29 is 14.3 Å². The van der Waals surface area contributed by atoms with Crippen molar-refractivity contribution in [2.24, 2.45) is 5.73 Å². The summed E-state index contributed by atoms with van der Waals surface area (Å²) in [5, 5.41) is 9.61. The molecule has 2 aliphatic heterocycles. The second-order valence-electron chi connectivity index (χ2n) is 6.71. The summed E-state index contributed by atoms with van der Waals surface area (Å²) < 4.78 is 5.27. The molecule has 1 aromatic rings. The number of aliphatic hydroxyl groups excluding tert-OH is 1. The molecule has 23 heavy (non-hydrogen) atoms. The van der Waals surface area contributed by atoms with E-state index < -0.39 is 6.04 Å². The molecule has 6 nitrogen and oxygen atoms in total. The Kier molecular flexibility index (Phi) is 5.35. The Morgan fingerprint density at radius 1 is 1.26 bits per heavy atom. The predicted octanol–water partition coefficient (Wildman–Crippen LogP) is 0.597. The van der Waals surface area contributed by atoms with Crippen LogP contribution in [0.5, 0.6) is 0 Å². The lowest BCUT2D eigenvalue weighted by atomic mass is 9.98. The third-order valence-electron chi connectivity index (χ3n) is 5.11. The van der Waals surface area contributed by atoms with Gasteiger partial charge in [-0.1, -0.05) is 0 Å². The van der Waals surface area contributed by atoms with Crippen LogP contribution in [0.2, 0.25) is 0 Å². The lowest BCUT2D eigenvalue weighted by Crippen LogP contribution is -2.52. The van der Waals surface area contributed by atoms with Gasteiger partial charge in [0.2, 0.25) is 5.91 Å². The molecular formula is C17H27N3O3. The van der Waals surface area contributed by atoms with Gasteiger partial charge in [-0.25, -0.2) is 0 Å². The van der Waals surface area contributed by atoms with E-state index in [9.17, 15) is 9.90 Å². The zero-order valence-electron chi connectivity index (χ0n) is 13.6. The highest BCUT2D eigenvalue weighted by Crippen LogP contribution is 2.21. The third kappa shape index (κ3) is 4.13. The van der Waals surface area contributed by atoms with Gasteiger partial charge < -0.3 is 25.1 Å². The number of carbonyl (C=O) groups is 1. The molecular weight excluding hydrogens is 294 g/mol. The molecule has 1 amide bonds. The topological polar surface area (TPSA) is 82.9 Å². The van der Waals surface area contributed by atoms with Crippen molar-refractivity contribution >= 4 is 5.91 Å². The first kappa shape index (κ1) is 16.5. The van der Waals surface area contributed by atoms with Gasteiger partial charge in [-0.3, -0.25) is 4.79 Å². The smallest absolute Gasteiger partial charge is 0.239 e. The van der Waals surface area contributed by atoms with Crippen molar-refractivity contribution in [1.82, 2.24) is 9.80 Å². The minimum Gasteiger partial charge on any atom is -0.469 e. The number of carbonyl (C=O) groups excluding carboxylic acids is 1. The summed E-state index contributed by atoms with van der Waals surface area (Å²) in [5.41, 5.74) is 6.04.